The van der Waals surface area contributed by atoms with Crippen molar-refractivity contribution in [2.75, 3.05) is 5.32 Å². The van der Waals surface area contributed by atoms with E-state index < -0.39 is 0 Å². The van der Waals surface area contributed by atoms with E-state index in [0.717, 1.165) is 23.4 Å². The lowest BCUT2D eigenvalue weighted by Gasteiger charge is -2.07. The second-order valence-corrected chi connectivity index (χ2v) is 5.86. The number of aromatic nitrogens is 2. The van der Waals surface area contributed by atoms with E-state index in [1.54, 1.807) is 0 Å². The molecule has 1 aliphatic carbocycles. The van der Waals surface area contributed by atoms with Gasteiger partial charge in [0.15, 0.2) is 5.96 Å². The van der Waals surface area contributed by atoms with E-state index in [4.69, 9.17) is 5.73 Å². The maximum Gasteiger partial charge on any atom is 0.193 e. The predicted octanol–water partition coefficient (Wildman–Crippen LogP) is 3.37. The Bertz CT molecular complexity index is 851. The van der Waals surface area contributed by atoms with Crippen LogP contribution in [0.15, 0.2) is 53.8 Å². The molecule has 1 aromatic carbocycles. The topological polar surface area (TPSA) is 67.7 Å². The lowest BCUT2D eigenvalue weighted by molar-refractivity contribution is 0.912. The van der Waals surface area contributed by atoms with Gasteiger partial charge in [0.25, 0.3) is 0 Å². The van der Waals surface area contributed by atoms with Crippen molar-refractivity contribution < 1.29 is 0 Å². The molecule has 0 saturated carbocycles. The van der Waals surface area contributed by atoms with Crippen LogP contribution in [0.5, 0.6) is 0 Å². The number of imidazole rings is 1. The van der Waals surface area contributed by atoms with E-state index in [1.165, 1.54) is 24.0 Å². The van der Waals surface area contributed by atoms with Crippen molar-refractivity contribution in [3.05, 3.63) is 65.6 Å². The minimum Gasteiger partial charge on any atom is -0.370 e. The minimum absolute atomic E-state index is 0. The molecular formula is C18H20IN5. The molecule has 0 unspecified atom stereocenters. The summed E-state index contributed by atoms with van der Waals surface area (Å²) in [6.07, 6.45) is 7.54. The number of aliphatic imine (C=N–C) groups is 1. The summed E-state index contributed by atoms with van der Waals surface area (Å²) in [6.45, 7) is 0.464. The van der Waals surface area contributed by atoms with Crippen molar-refractivity contribution in [2.45, 2.75) is 25.8 Å². The number of halogens is 1. The Hall–Kier alpha value is -2.09. The molecule has 0 amide bonds. The fourth-order valence-corrected chi connectivity index (χ4v) is 3.07. The largest absolute Gasteiger partial charge is 0.370 e. The molecule has 6 heteroatoms. The molecule has 4 rings (SSSR count). The van der Waals surface area contributed by atoms with Crippen molar-refractivity contribution in [3.8, 4) is 0 Å². The average molecular weight is 433 g/mol. The van der Waals surface area contributed by atoms with Gasteiger partial charge in [-0.1, -0.05) is 12.1 Å². The van der Waals surface area contributed by atoms with Gasteiger partial charge in [-0.05, 0) is 54.7 Å². The molecule has 24 heavy (non-hydrogen) atoms. The summed E-state index contributed by atoms with van der Waals surface area (Å²) in [5.74, 6) is 0.417. The van der Waals surface area contributed by atoms with E-state index in [0.29, 0.717) is 12.5 Å². The first-order chi connectivity index (χ1) is 11.3. The number of nitrogens with zero attached hydrogens (tertiary/aromatic N) is 3. The monoisotopic (exact) mass is 433 g/mol. The molecule has 124 valence electrons. The zero-order valence-electron chi connectivity index (χ0n) is 13.3. The standard InChI is InChI=1S/C18H19N5.HI/c19-18(22-15-8-7-13-4-3-5-14(13)10-15)20-11-16-12-23-9-2-1-6-17(23)21-16;/h1-2,6-10,12H,3-5,11H2,(H3,19,20,22);1H. The van der Waals surface area contributed by atoms with Gasteiger partial charge < -0.3 is 15.5 Å². The molecule has 0 aliphatic heterocycles. The number of guanidine groups is 1. The van der Waals surface area contributed by atoms with E-state index in [-0.39, 0.29) is 24.0 Å². The number of fused-ring (bicyclic) bond motifs is 2. The highest BCUT2D eigenvalue weighted by atomic mass is 127. The Morgan fingerprint density at radius 3 is 2.96 bits per heavy atom. The van der Waals surface area contributed by atoms with Crippen molar-refractivity contribution >= 4 is 41.3 Å². The first-order valence-corrected chi connectivity index (χ1v) is 7.89. The number of hydrogen-bond donors (Lipinski definition) is 2. The quantitative estimate of drug-likeness (QED) is 0.378. The molecule has 0 atom stereocenters. The lowest BCUT2D eigenvalue weighted by Crippen LogP contribution is -2.22. The maximum absolute atomic E-state index is 6.00. The van der Waals surface area contributed by atoms with Crippen molar-refractivity contribution in [2.24, 2.45) is 10.7 Å². The molecule has 3 N–H and O–H groups in total. The highest BCUT2D eigenvalue weighted by Crippen LogP contribution is 2.24. The Balaban J connectivity index is 0.00000169. The summed E-state index contributed by atoms with van der Waals surface area (Å²) >= 11 is 0. The summed E-state index contributed by atoms with van der Waals surface area (Å²) in [5.41, 5.74) is 11.7. The van der Waals surface area contributed by atoms with Gasteiger partial charge >= 0.3 is 0 Å². The van der Waals surface area contributed by atoms with Crippen molar-refractivity contribution in [1.82, 2.24) is 9.38 Å². The third kappa shape index (κ3) is 3.53. The smallest absolute Gasteiger partial charge is 0.193 e. The fraction of sp³-hybridized carbons (Fsp3) is 0.222. The van der Waals surface area contributed by atoms with Crippen LogP contribution in [0.2, 0.25) is 0 Å². The van der Waals surface area contributed by atoms with Crippen LogP contribution in [0.3, 0.4) is 0 Å². The summed E-state index contributed by atoms with van der Waals surface area (Å²) in [4.78, 5) is 8.90. The number of anilines is 1. The van der Waals surface area contributed by atoms with Gasteiger partial charge in [0.2, 0.25) is 0 Å². The summed E-state index contributed by atoms with van der Waals surface area (Å²) in [6, 6.07) is 12.3. The Kier molecular flexibility index (Phi) is 5.03. The van der Waals surface area contributed by atoms with Crippen molar-refractivity contribution in [3.63, 3.8) is 0 Å². The summed E-state index contributed by atoms with van der Waals surface area (Å²) in [7, 11) is 0. The number of hydrogen-bond acceptors (Lipinski definition) is 2. The number of benzene rings is 1. The average Bonchev–Trinajstić information content (AvgIpc) is 3.18. The Morgan fingerprint density at radius 2 is 2.08 bits per heavy atom. The summed E-state index contributed by atoms with van der Waals surface area (Å²) < 4.78 is 1.98. The first-order valence-electron chi connectivity index (χ1n) is 7.89. The predicted molar refractivity (Wildman–Crippen MR) is 108 cm³/mol. The molecule has 5 nitrogen and oxygen atoms in total. The highest BCUT2D eigenvalue weighted by Gasteiger charge is 2.10. The molecule has 0 saturated heterocycles. The van der Waals surface area contributed by atoms with Gasteiger partial charge in [-0.15, -0.1) is 24.0 Å². The minimum atomic E-state index is 0. The molecule has 1 aliphatic rings. The SMILES string of the molecule is I.NC(=NCc1cn2ccccc2n1)Nc1ccc2c(c1)CCC2. The van der Waals surface area contributed by atoms with Crippen LogP contribution in [0.1, 0.15) is 23.2 Å². The van der Waals surface area contributed by atoms with Crippen LogP contribution in [0, 0.1) is 0 Å². The van der Waals surface area contributed by atoms with Crippen LogP contribution in [-0.2, 0) is 19.4 Å². The van der Waals surface area contributed by atoms with Crippen LogP contribution in [0.25, 0.3) is 5.65 Å². The number of nitrogens with one attached hydrogen (secondary N) is 1. The van der Waals surface area contributed by atoms with Crippen molar-refractivity contribution in [1.29, 1.82) is 0 Å². The Labute approximate surface area is 158 Å². The molecule has 0 bridgehead atoms. The molecule has 2 heterocycles. The second-order valence-electron chi connectivity index (χ2n) is 5.86. The fourth-order valence-electron chi connectivity index (χ4n) is 3.07. The molecule has 0 radical (unpaired) electrons. The number of pyridine rings is 1. The highest BCUT2D eigenvalue weighted by molar-refractivity contribution is 14.0. The van der Waals surface area contributed by atoms with Gasteiger partial charge in [-0.2, -0.15) is 0 Å². The van der Waals surface area contributed by atoms with Gasteiger partial charge in [0.1, 0.15) is 5.65 Å². The zero-order chi connectivity index (χ0) is 15.6. The van der Waals surface area contributed by atoms with E-state index in [9.17, 15) is 0 Å². The van der Waals surface area contributed by atoms with Gasteiger partial charge in [-0.25, -0.2) is 9.98 Å². The normalized spacial score (nSPS) is 13.6. The molecule has 0 fully saturated rings. The summed E-state index contributed by atoms with van der Waals surface area (Å²) in [5, 5.41) is 3.17. The molecule has 0 spiro atoms. The van der Waals surface area contributed by atoms with Crippen LogP contribution < -0.4 is 11.1 Å². The number of nitrogens with two attached hydrogens (primary N) is 1. The molecule has 2 aromatic heterocycles. The van der Waals surface area contributed by atoms with Gasteiger partial charge in [-0.3, -0.25) is 0 Å². The van der Waals surface area contributed by atoms with E-state index in [1.807, 2.05) is 35.0 Å². The second kappa shape index (κ2) is 7.21. The van der Waals surface area contributed by atoms with Gasteiger partial charge in [0, 0.05) is 18.1 Å². The van der Waals surface area contributed by atoms with Crippen LogP contribution in [0.4, 0.5) is 5.69 Å². The van der Waals surface area contributed by atoms with Crippen LogP contribution >= 0.6 is 24.0 Å². The molecular weight excluding hydrogens is 413 g/mol. The number of aryl methyl sites for hydroxylation is 2. The third-order valence-corrected chi connectivity index (χ3v) is 4.20. The van der Waals surface area contributed by atoms with E-state index >= 15 is 0 Å². The zero-order valence-corrected chi connectivity index (χ0v) is 15.6. The van der Waals surface area contributed by atoms with Gasteiger partial charge in [0.05, 0.1) is 12.2 Å². The third-order valence-electron chi connectivity index (χ3n) is 4.20. The van der Waals surface area contributed by atoms with Crippen LogP contribution in [-0.4, -0.2) is 15.3 Å². The maximum atomic E-state index is 6.00. The number of rotatable bonds is 3. The lowest BCUT2D eigenvalue weighted by atomic mass is 10.1. The van der Waals surface area contributed by atoms with E-state index in [2.05, 4.69) is 33.5 Å². The first kappa shape index (κ1) is 16.8. The molecule has 3 aromatic rings. The Morgan fingerprint density at radius 1 is 1.21 bits per heavy atom.